The van der Waals surface area contributed by atoms with Crippen LogP contribution in [0.4, 0.5) is 0 Å². The molecule has 1 atom stereocenters. The van der Waals surface area contributed by atoms with E-state index in [0.29, 0.717) is 23.5 Å². The second kappa shape index (κ2) is 9.75. The number of carbonyl (C=O) groups excluding carboxylic acids is 1. The van der Waals surface area contributed by atoms with Gasteiger partial charge in [-0.15, -0.1) is 21.5 Å². The largest absolute Gasteiger partial charge is 0.416 e. The van der Waals surface area contributed by atoms with Gasteiger partial charge >= 0.3 is 0 Å². The highest BCUT2D eigenvalue weighted by atomic mass is 32.2. The van der Waals surface area contributed by atoms with E-state index in [0.717, 1.165) is 43.1 Å². The summed E-state index contributed by atoms with van der Waals surface area (Å²) in [7, 11) is 0. The molecule has 2 aromatic heterocycles. The first-order valence-electron chi connectivity index (χ1n) is 10.3. The zero-order chi connectivity index (χ0) is 20.9. The van der Waals surface area contributed by atoms with Gasteiger partial charge in [0.25, 0.3) is 5.22 Å². The molecule has 0 N–H and O–H groups in total. The van der Waals surface area contributed by atoms with Crippen LogP contribution >= 0.6 is 23.1 Å². The number of likely N-dealkylation sites (tertiary alicyclic amines) is 1. The second-order valence-corrected chi connectivity index (χ2v) is 10.1. The van der Waals surface area contributed by atoms with Crippen molar-refractivity contribution < 1.29 is 9.21 Å². The molecule has 1 aliphatic rings. The van der Waals surface area contributed by atoms with Crippen LogP contribution in [0.3, 0.4) is 0 Å². The number of aryl methyl sites for hydroxylation is 1. The number of aromatic nitrogens is 3. The zero-order valence-electron chi connectivity index (χ0n) is 17.3. The number of carbonyl (C=O) groups is 1. The van der Waals surface area contributed by atoms with Gasteiger partial charge in [0.1, 0.15) is 0 Å². The normalized spacial score (nSPS) is 16.0. The van der Waals surface area contributed by atoms with E-state index >= 15 is 0 Å². The third kappa shape index (κ3) is 5.49. The molecule has 3 heterocycles. The summed E-state index contributed by atoms with van der Waals surface area (Å²) in [5, 5.41) is 11.4. The van der Waals surface area contributed by atoms with Crippen molar-refractivity contribution >= 4 is 29.0 Å². The number of hydrogen-bond donors (Lipinski definition) is 0. The van der Waals surface area contributed by atoms with E-state index in [2.05, 4.69) is 45.5 Å². The van der Waals surface area contributed by atoms with Crippen LogP contribution in [0.1, 0.15) is 41.9 Å². The molecular weight excluding hydrogens is 416 g/mol. The average molecular weight is 443 g/mol. The fourth-order valence-corrected chi connectivity index (χ4v) is 5.16. The van der Waals surface area contributed by atoms with Crippen molar-refractivity contribution in [2.75, 3.05) is 13.1 Å². The van der Waals surface area contributed by atoms with Crippen LogP contribution in [-0.4, -0.2) is 44.3 Å². The Balaban J connectivity index is 1.25. The monoisotopic (exact) mass is 442 g/mol. The Bertz CT molecular complexity index is 964. The molecule has 1 fully saturated rings. The van der Waals surface area contributed by atoms with Gasteiger partial charge in [-0.05, 0) is 44.6 Å². The Labute approximate surface area is 185 Å². The first-order chi connectivity index (χ1) is 14.6. The van der Waals surface area contributed by atoms with Gasteiger partial charge < -0.3 is 9.32 Å². The standard InChI is InChI=1S/C22H26N4O2S2/c1-15(30-22-25-24-20(28-22)13-19-14-29-16(2)23-19)21(27)26-10-8-18(9-11-26)12-17-6-4-3-5-7-17/h3-7,14-15,18H,8-13H2,1-2H3. The number of thioether (sulfide) groups is 1. The number of piperidine rings is 1. The Hall–Kier alpha value is -2.19. The molecule has 4 rings (SSSR count). The summed E-state index contributed by atoms with van der Waals surface area (Å²) in [5.41, 5.74) is 2.31. The van der Waals surface area contributed by atoms with Gasteiger partial charge in [-0.3, -0.25) is 4.79 Å². The van der Waals surface area contributed by atoms with Crippen LogP contribution in [0.5, 0.6) is 0 Å². The van der Waals surface area contributed by atoms with Crippen LogP contribution < -0.4 is 0 Å². The lowest BCUT2D eigenvalue weighted by Gasteiger charge is -2.33. The fourth-order valence-electron chi connectivity index (χ4n) is 3.77. The minimum Gasteiger partial charge on any atom is -0.416 e. The number of rotatable bonds is 7. The minimum atomic E-state index is -0.245. The average Bonchev–Trinajstić information content (AvgIpc) is 3.37. The highest BCUT2D eigenvalue weighted by Crippen LogP contribution is 2.27. The first-order valence-corrected chi connectivity index (χ1v) is 12.1. The topological polar surface area (TPSA) is 72.1 Å². The molecule has 1 saturated heterocycles. The Morgan fingerprint density at radius 1 is 1.27 bits per heavy atom. The minimum absolute atomic E-state index is 0.146. The van der Waals surface area contributed by atoms with Crippen molar-refractivity contribution in [3.05, 3.63) is 57.9 Å². The summed E-state index contributed by atoms with van der Waals surface area (Å²) in [6.07, 6.45) is 3.72. The lowest BCUT2D eigenvalue weighted by atomic mass is 9.90. The molecular formula is C22H26N4O2S2. The molecule has 0 spiro atoms. The molecule has 0 bridgehead atoms. The fraction of sp³-hybridized carbons (Fsp3) is 0.455. The molecule has 0 aliphatic carbocycles. The van der Waals surface area contributed by atoms with E-state index in [1.165, 1.54) is 17.3 Å². The molecule has 1 aliphatic heterocycles. The first kappa shape index (κ1) is 21.1. The smallest absolute Gasteiger partial charge is 0.277 e. The summed E-state index contributed by atoms with van der Waals surface area (Å²) in [4.78, 5) is 19.3. The Morgan fingerprint density at radius 3 is 2.73 bits per heavy atom. The summed E-state index contributed by atoms with van der Waals surface area (Å²) in [5.74, 6) is 1.32. The van der Waals surface area contributed by atoms with Crippen molar-refractivity contribution in [2.45, 2.75) is 50.0 Å². The molecule has 0 radical (unpaired) electrons. The van der Waals surface area contributed by atoms with Gasteiger partial charge in [-0.1, -0.05) is 42.1 Å². The summed E-state index contributed by atoms with van der Waals surface area (Å²) >= 11 is 2.94. The summed E-state index contributed by atoms with van der Waals surface area (Å²) in [6.45, 7) is 5.52. The predicted molar refractivity (Wildman–Crippen MR) is 119 cm³/mol. The van der Waals surface area contributed by atoms with E-state index in [4.69, 9.17) is 4.42 Å². The van der Waals surface area contributed by atoms with Crippen LogP contribution in [0.2, 0.25) is 0 Å². The second-order valence-electron chi connectivity index (χ2n) is 7.71. The highest BCUT2D eigenvalue weighted by Gasteiger charge is 2.27. The zero-order valence-corrected chi connectivity index (χ0v) is 18.9. The van der Waals surface area contributed by atoms with E-state index in [9.17, 15) is 4.79 Å². The third-order valence-electron chi connectivity index (χ3n) is 5.37. The molecule has 1 aromatic carbocycles. The molecule has 8 heteroatoms. The van der Waals surface area contributed by atoms with E-state index < -0.39 is 0 Å². The molecule has 0 saturated carbocycles. The quantitative estimate of drug-likeness (QED) is 0.506. The van der Waals surface area contributed by atoms with Gasteiger partial charge in [-0.2, -0.15) is 0 Å². The Morgan fingerprint density at radius 2 is 2.03 bits per heavy atom. The highest BCUT2D eigenvalue weighted by molar-refractivity contribution is 8.00. The van der Waals surface area contributed by atoms with Crippen LogP contribution in [-0.2, 0) is 17.6 Å². The molecule has 3 aromatic rings. The van der Waals surface area contributed by atoms with Crippen molar-refractivity contribution in [1.82, 2.24) is 20.1 Å². The third-order valence-corrected chi connectivity index (χ3v) is 7.11. The maximum atomic E-state index is 12.9. The van der Waals surface area contributed by atoms with Gasteiger partial charge in [0.15, 0.2) is 0 Å². The SMILES string of the molecule is Cc1nc(Cc2nnc(SC(C)C(=O)N3CCC(Cc4ccccc4)CC3)o2)cs1. The molecule has 1 amide bonds. The summed E-state index contributed by atoms with van der Waals surface area (Å²) < 4.78 is 5.72. The number of hydrogen-bond acceptors (Lipinski definition) is 7. The number of amides is 1. The van der Waals surface area contributed by atoms with E-state index in [1.807, 2.05) is 24.1 Å². The van der Waals surface area contributed by atoms with Crippen molar-refractivity contribution in [2.24, 2.45) is 5.92 Å². The molecule has 1 unspecified atom stereocenters. The lowest BCUT2D eigenvalue weighted by Crippen LogP contribution is -2.42. The maximum Gasteiger partial charge on any atom is 0.277 e. The van der Waals surface area contributed by atoms with E-state index in [-0.39, 0.29) is 11.2 Å². The Kier molecular flexibility index (Phi) is 6.84. The molecule has 6 nitrogen and oxygen atoms in total. The van der Waals surface area contributed by atoms with Gasteiger partial charge in [0.05, 0.1) is 22.4 Å². The number of thiazole rings is 1. The van der Waals surface area contributed by atoms with Crippen LogP contribution in [0.25, 0.3) is 0 Å². The van der Waals surface area contributed by atoms with E-state index in [1.54, 1.807) is 11.3 Å². The van der Waals surface area contributed by atoms with Gasteiger partial charge in [0.2, 0.25) is 11.8 Å². The van der Waals surface area contributed by atoms with Crippen molar-refractivity contribution in [3.63, 3.8) is 0 Å². The molecule has 158 valence electrons. The predicted octanol–water partition coefficient (Wildman–Crippen LogP) is 4.39. The van der Waals surface area contributed by atoms with Crippen molar-refractivity contribution in [3.8, 4) is 0 Å². The van der Waals surface area contributed by atoms with Gasteiger partial charge in [0, 0.05) is 18.5 Å². The molecule has 30 heavy (non-hydrogen) atoms. The number of nitrogens with zero attached hydrogens (tertiary/aromatic N) is 4. The van der Waals surface area contributed by atoms with Gasteiger partial charge in [-0.25, -0.2) is 4.98 Å². The number of benzene rings is 1. The van der Waals surface area contributed by atoms with Crippen LogP contribution in [0.15, 0.2) is 45.4 Å². The lowest BCUT2D eigenvalue weighted by molar-refractivity contribution is -0.131. The summed E-state index contributed by atoms with van der Waals surface area (Å²) in [6, 6.07) is 10.6. The maximum absolute atomic E-state index is 12.9. The van der Waals surface area contributed by atoms with Crippen LogP contribution in [0, 0.1) is 12.8 Å². The van der Waals surface area contributed by atoms with Crippen molar-refractivity contribution in [1.29, 1.82) is 0 Å².